The van der Waals surface area contributed by atoms with Gasteiger partial charge in [-0.25, -0.2) is 13.6 Å². The molecule has 0 bridgehead atoms. The number of benzene rings is 2. The number of rotatable bonds is 4. The molecule has 2 aromatic carbocycles. The summed E-state index contributed by atoms with van der Waals surface area (Å²) in [6, 6.07) is 9.32. The number of hydrogen-bond donors (Lipinski definition) is 3. The van der Waals surface area contributed by atoms with Crippen molar-refractivity contribution in [1.82, 2.24) is 5.32 Å². The molecule has 2 amide bonds. The number of urea groups is 1. The molecule has 2 rings (SSSR count). The predicted molar refractivity (Wildman–Crippen MR) is 79.8 cm³/mol. The summed E-state index contributed by atoms with van der Waals surface area (Å²) in [5.41, 5.74) is 0.172. The molecule has 116 valence electrons. The standard InChI is InChI=1S/C15H13ClF2N2O2/c16-10-5-2-1-4-9(10)13(21)8-19-15(22)20-12-7-3-6-11(17)14(12)18/h1-7,13,21H,8H2,(H2,19,20,22). The lowest BCUT2D eigenvalue weighted by Gasteiger charge is -2.14. The number of anilines is 1. The van der Waals surface area contributed by atoms with Crippen LogP contribution in [-0.4, -0.2) is 17.7 Å². The zero-order valence-corrected chi connectivity index (χ0v) is 12.1. The molecule has 1 atom stereocenters. The summed E-state index contributed by atoms with van der Waals surface area (Å²) in [7, 11) is 0. The molecular weight excluding hydrogens is 314 g/mol. The maximum absolute atomic E-state index is 13.4. The van der Waals surface area contributed by atoms with E-state index in [1.165, 1.54) is 12.1 Å². The minimum Gasteiger partial charge on any atom is -0.387 e. The van der Waals surface area contributed by atoms with Crippen LogP contribution in [0, 0.1) is 11.6 Å². The van der Waals surface area contributed by atoms with Crippen molar-refractivity contribution in [2.75, 3.05) is 11.9 Å². The third-order valence-electron chi connectivity index (χ3n) is 2.92. The number of aliphatic hydroxyl groups is 1. The van der Waals surface area contributed by atoms with E-state index < -0.39 is 23.8 Å². The van der Waals surface area contributed by atoms with Crippen LogP contribution in [0.15, 0.2) is 42.5 Å². The normalized spacial score (nSPS) is 11.8. The molecular formula is C15H13ClF2N2O2. The fourth-order valence-corrected chi connectivity index (χ4v) is 2.07. The Balaban J connectivity index is 1.93. The molecule has 2 aromatic rings. The molecule has 22 heavy (non-hydrogen) atoms. The first-order valence-electron chi connectivity index (χ1n) is 6.40. The van der Waals surface area contributed by atoms with Crippen molar-refractivity contribution in [2.24, 2.45) is 0 Å². The summed E-state index contributed by atoms with van der Waals surface area (Å²) in [5, 5.41) is 14.8. The van der Waals surface area contributed by atoms with E-state index in [4.69, 9.17) is 11.6 Å². The van der Waals surface area contributed by atoms with E-state index in [9.17, 15) is 18.7 Å². The Bertz CT molecular complexity index is 682. The second kappa shape index (κ2) is 7.20. The number of aliphatic hydroxyl groups excluding tert-OH is 1. The Morgan fingerprint density at radius 3 is 2.64 bits per heavy atom. The Kier molecular flexibility index (Phi) is 5.30. The van der Waals surface area contributed by atoms with Crippen LogP contribution in [0.2, 0.25) is 5.02 Å². The summed E-state index contributed by atoms with van der Waals surface area (Å²) in [4.78, 5) is 11.6. The van der Waals surface area contributed by atoms with Gasteiger partial charge in [0, 0.05) is 17.1 Å². The first-order chi connectivity index (χ1) is 10.5. The van der Waals surface area contributed by atoms with Gasteiger partial charge < -0.3 is 15.7 Å². The molecule has 0 saturated heterocycles. The lowest BCUT2D eigenvalue weighted by atomic mass is 10.1. The fraction of sp³-hybridized carbons (Fsp3) is 0.133. The lowest BCUT2D eigenvalue weighted by molar-refractivity contribution is 0.175. The minimum atomic E-state index is -1.15. The molecule has 4 nitrogen and oxygen atoms in total. The Hall–Kier alpha value is -2.18. The highest BCUT2D eigenvalue weighted by atomic mass is 35.5. The average molecular weight is 327 g/mol. The van der Waals surface area contributed by atoms with Crippen molar-refractivity contribution in [1.29, 1.82) is 0 Å². The van der Waals surface area contributed by atoms with Gasteiger partial charge in [0.25, 0.3) is 0 Å². The molecule has 0 spiro atoms. The zero-order valence-electron chi connectivity index (χ0n) is 11.3. The van der Waals surface area contributed by atoms with Crippen molar-refractivity contribution in [2.45, 2.75) is 6.10 Å². The number of carbonyl (C=O) groups excluding carboxylic acids is 1. The summed E-state index contributed by atoms with van der Waals surface area (Å²) in [5.74, 6) is -2.21. The number of hydrogen-bond acceptors (Lipinski definition) is 2. The number of amides is 2. The highest BCUT2D eigenvalue weighted by Gasteiger charge is 2.14. The molecule has 0 saturated carbocycles. The third kappa shape index (κ3) is 3.93. The van der Waals surface area contributed by atoms with Crippen molar-refractivity contribution < 1.29 is 18.7 Å². The minimum absolute atomic E-state index is 0.132. The summed E-state index contributed by atoms with van der Waals surface area (Å²) in [6.45, 7) is -0.132. The fourth-order valence-electron chi connectivity index (χ4n) is 1.81. The number of carbonyl (C=O) groups is 1. The van der Waals surface area contributed by atoms with Crippen LogP contribution >= 0.6 is 11.6 Å². The van der Waals surface area contributed by atoms with Gasteiger partial charge >= 0.3 is 6.03 Å². The van der Waals surface area contributed by atoms with E-state index in [2.05, 4.69) is 10.6 Å². The highest BCUT2D eigenvalue weighted by molar-refractivity contribution is 6.31. The summed E-state index contributed by atoms with van der Waals surface area (Å²) < 4.78 is 26.4. The van der Waals surface area contributed by atoms with Crippen molar-refractivity contribution in [3.63, 3.8) is 0 Å². The van der Waals surface area contributed by atoms with Crippen LogP contribution in [0.5, 0.6) is 0 Å². The molecule has 0 aromatic heterocycles. The van der Waals surface area contributed by atoms with Gasteiger partial charge in [0.15, 0.2) is 11.6 Å². The van der Waals surface area contributed by atoms with Crippen LogP contribution in [-0.2, 0) is 0 Å². The molecule has 0 heterocycles. The molecule has 0 aliphatic heterocycles. The van der Waals surface area contributed by atoms with Crippen LogP contribution in [0.3, 0.4) is 0 Å². The van der Waals surface area contributed by atoms with Crippen LogP contribution in [0.4, 0.5) is 19.3 Å². The summed E-state index contributed by atoms with van der Waals surface area (Å²) >= 11 is 5.92. The maximum atomic E-state index is 13.4. The molecule has 1 unspecified atom stereocenters. The molecule has 0 aliphatic carbocycles. The zero-order chi connectivity index (χ0) is 16.1. The van der Waals surface area contributed by atoms with Gasteiger partial charge in [-0.15, -0.1) is 0 Å². The van der Waals surface area contributed by atoms with Gasteiger partial charge in [-0.3, -0.25) is 0 Å². The first-order valence-corrected chi connectivity index (χ1v) is 6.78. The first kappa shape index (κ1) is 16.2. The SMILES string of the molecule is O=C(NCC(O)c1ccccc1Cl)Nc1cccc(F)c1F. The monoisotopic (exact) mass is 326 g/mol. The Morgan fingerprint density at radius 2 is 1.91 bits per heavy atom. The summed E-state index contributed by atoms with van der Waals surface area (Å²) in [6.07, 6.45) is -1.02. The maximum Gasteiger partial charge on any atom is 0.319 e. The van der Waals surface area contributed by atoms with E-state index in [0.717, 1.165) is 6.07 Å². The van der Waals surface area contributed by atoms with Gasteiger partial charge in [-0.05, 0) is 18.2 Å². The van der Waals surface area contributed by atoms with Gasteiger partial charge in [-0.1, -0.05) is 35.9 Å². The van der Waals surface area contributed by atoms with E-state index in [1.807, 2.05) is 0 Å². The van der Waals surface area contributed by atoms with E-state index in [0.29, 0.717) is 10.6 Å². The van der Waals surface area contributed by atoms with Crippen molar-refractivity contribution in [3.05, 3.63) is 64.7 Å². The highest BCUT2D eigenvalue weighted by Crippen LogP contribution is 2.22. The van der Waals surface area contributed by atoms with E-state index in [-0.39, 0.29) is 12.2 Å². The Labute approximate surface area is 130 Å². The molecule has 3 N–H and O–H groups in total. The average Bonchev–Trinajstić information content (AvgIpc) is 2.50. The van der Waals surface area contributed by atoms with Crippen molar-refractivity contribution in [3.8, 4) is 0 Å². The van der Waals surface area contributed by atoms with Gasteiger partial charge in [0.2, 0.25) is 0 Å². The van der Waals surface area contributed by atoms with Crippen LogP contribution in [0.25, 0.3) is 0 Å². The number of nitrogens with one attached hydrogen (secondary N) is 2. The topological polar surface area (TPSA) is 61.4 Å². The number of halogens is 3. The second-order valence-electron chi connectivity index (χ2n) is 4.47. The van der Waals surface area contributed by atoms with Crippen LogP contribution < -0.4 is 10.6 Å². The van der Waals surface area contributed by atoms with E-state index >= 15 is 0 Å². The second-order valence-corrected chi connectivity index (χ2v) is 4.88. The predicted octanol–water partition coefficient (Wildman–Crippen LogP) is 3.47. The largest absolute Gasteiger partial charge is 0.387 e. The van der Waals surface area contributed by atoms with Crippen molar-refractivity contribution >= 4 is 23.3 Å². The van der Waals surface area contributed by atoms with E-state index in [1.54, 1.807) is 24.3 Å². The molecule has 7 heteroatoms. The van der Waals surface area contributed by atoms with Gasteiger partial charge in [0.1, 0.15) is 0 Å². The molecule has 0 aliphatic rings. The smallest absolute Gasteiger partial charge is 0.319 e. The van der Waals surface area contributed by atoms with Crippen LogP contribution in [0.1, 0.15) is 11.7 Å². The Morgan fingerprint density at radius 1 is 1.18 bits per heavy atom. The third-order valence-corrected chi connectivity index (χ3v) is 3.26. The molecule has 0 fully saturated rings. The van der Waals surface area contributed by atoms with Gasteiger partial charge in [0.05, 0.1) is 11.8 Å². The van der Waals surface area contributed by atoms with Gasteiger partial charge in [-0.2, -0.15) is 0 Å². The quantitative estimate of drug-likeness (QED) is 0.805. The lowest BCUT2D eigenvalue weighted by Crippen LogP contribution is -2.32. The molecule has 0 radical (unpaired) electrons.